The maximum absolute atomic E-state index is 12.5. The number of benzene rings is 2. The van der Waals surface area contributed by atoms with Gasteiger partial charge in [0.05, 0.1) is 11.6 Å². The summed E-state index contributed by atoms with van der Waals surface area (Å²) in [5.74, 6) is 0.897. The van der Waals surface area contributed by atoms with Crippen LogP contribution in [0, 0.1) is 0 Å². The first-order chi connectivity index (χ1) is 17.4. The van der Waals surface area contributed by atoms with Crippen molar-refractivity contribution in [2.75, 3.05) is 17.9 Å². The molecule has 1 aliphatic rings. The molecular formula is C27H29N3O4S2. The average molecular weight is 524 g/mol. The van der Waals surface area contributed by atoms with Crippen molar-refractivity contribution in [1.82, 2.24) is 9.88 Å². The lowest BCUT2D eigenvalue weighted by Crippen LogP contribution is -2.32. The SMILES string of the molecule is C[C@H](Cc1cn2c3c(cccc13)OC/C=C\C2)NC[C@H](O)c1cccc(NS(=O)(=O)c2cccs2)c1. The molecule has 1 aliphatic heterocycles. The number of anilines is 1. The highest BCUT2D eigenvalue weighted by Gasteiger charge is 2.18. The number of sulfonamides is 1. The van der Waals surface area contributed by atoms with Gasteiger partial charge in [-0.3, -0.25) is 4.72 Å². The van der Waals surface area contributed by atoms with Gasteiger partial charge in [0.1, 0.15) is 16.6 Å². The summed E-state index contributed by atoms with van der Waals surface area (Å²) < 4.78 is 36.0. The van der Waals surface area contributed by atoms with Crippen LogP contribution in [0.5, 0.6) is 5.75 Å². The van der Waals surface area contributed by atoms with E-state index in [2.05, 4.69) is 39.9 Å². The number of para-hydroxylation sites is 1. The van der Waals surface area contributed by atoms with Crippen molar-refractivity contribution in [2.45, 2.75) is 36.2 Å². The Hall–Kier alpha value is -3.11. The molecule has 3 N–H and O–H groups in total. The maximum Gasteiger partial charge on any atom is 0.271 e. The van der Waals surface area contributed by atoms with Gasteiger partial charge in [-0.15, -0.1) is 11.3 Å². The standard InChI is InChI=1S/C27H29N3O4S2/c1-19(15-21-18-30-12-2-3-13-34-25-10-5-9-23(21)27(25)30)28-17-24(31)20-7-4-8-22(16-20)29-36(32,33)26-11-6-14-35-26/h2-11,14,16,18-19,24,28-29,31H,12-13,15,17H2,1H3/b3-2-/t19-,24+/m1/s1. The fourth-order valence-corrected chi connectivity index (χ4v) is 6.52. The second-order valence-electron chi connectivity index (χ2n) is 8.93. The molecule has 0 fully saturated rings. The number of hydrogen-bond donors (Lipinski definition) is 3. The summed E-state index contributed by atoms with van der Waals surface area (Å²) >= 11 is 1.16. The van der Waals surface area contributed by atoms with E-state index in [0.29, 0.717) is 24.4 Å². The maximum atomic E-state index is 12.5. The Morgan fingerprint density at radius 1 is 1.14 bits per heavy atom. The van der Waals surface area contributed by atoms with Gasteiger partial charge in [-0.05, 0) is 60.2 Å². The van der Waals surface area contributed by atoms with Gasteiger partial charge in [0.15, 0.2) is 0 Å². The zero-order valence-electron chi connectivity index (χ0n) is 19.9. The van der Waals surface area contributed by atoms with E-state index in [-0.39, 0.29) is 10.3 Å². The first-order valence-corrected chi connectivity index (χ1v) is 14.2. The van der Waals surface area contributed by atoms with Crippen LogP contribution in [0.1, 0.15) is 24.2 Å². The molecule has 2 aromatic heterocycles. The molecule has 0 spiro atoms. The summed E-state index contributed by atoms with van der Waals surface area (Å²) in [6, 6.07) is 16.4. The number of rotatable bonds is 9. The van der Waals surface area contributed by atoms with Gasteiger partial charge in [-0.2, -0.15) is 0 Å². The van der Waals surface area contributed by atoms with E-state index in [1.54, 1.807) is 41.8 Å². The molecule has 7 nitrogen and oxygen atoms in total. The molecule has 2 aromatic carbocycles. The van der Waals surface area contributed by atoms with Crippen molar-refractivity contribution in [1.29, 1.82) is 0 Å². The predicted octanol–water partition coefficient (Wildman–Crippen LogP) is 4.71. The van der Waals surface area contributed by atoms with Gasteiger partial charge in [-0.25, -0.2) is 8.42 Å². The summed E-state index contributed by atoms with van der Waals surface area (Å²) in [6.45, 7) is 3.83. The van der Waals surface area contributed by atoms with Gasteiger partial charge in [0.25, 0.3) is 10.0 Å². The van der Waals surface area contributed by atoms with Crippen molar-refractivity contribution in [3.05, 3.63) is 89.5 Å². The molecule has 0 radical (unpaired) electrons. The third-order valence-corrected chi connectivity index (χ3v) is 9.00. The van der Waals surface area contributed by atoms with Crippen LogP contribution in [0.2, 0.25) is 0 Å². The largest absolute Gasteiger partial charge is 0.487 e. The molecule has 36 heavy (non-hydrogen) atoms. The molecule has 0 aliphatic carbocycles. The Bertz CT molecular complexity index is 1480. The van der Waals surface area contributed by atoms with E-state index in [1.165, 1.54) is 10.9 Å². The highest BCUT2D eigenvalue weighted by Crippen LogP contribution is 2.31. The van der Waals surface area contributed by atoms with Crippen LogP contribution in [0.4, 0.5) is 5.69 Å². The van der Waals surface area contributed by atoms with Gasteiger partial charge >= 0.3 is 0 Å². The number of aromatic nitrogens is 1. The summed E-state index contributed by atoms with van der Waals surface area (Å²) in [5.41, 5.74) is 3.41. The van der Waals surface area contributed by atoms with Crippen LogP contribution in [0.25, 0.3) is 10.9 Å². The molecule has 0 saturated carbocycles. The van der Waals surface area contributed by atoms with Crippen LogP contribution in [-0.4, -0.2) is 37.3 Å². The van der Waals surface area contributed by atoms with Crippen LogP contribution in [0.3, 0.4) is 0 Å². The van der Waals surface area contributed by atoms with E-state index >= 15 is 0 Å². The van der Waals surface area contributed by atoms with Gasteiger partial charge in [-0.1, -0.05) is 36.4 Å². The van der Waals surface area contributed by atoms with Crippen molar-refractivity contribution in [3.63, 3.8) is 0 Å². The van der Waals surface area contributed by atoms with E-state index in [1.807, 2.05) is 18.2 Å². The molecule has 0 saturated heterocycles. The van der Waals surface area contributed by atoms with Crippen LogP contribution in [-0.2, 0) is 23.0 Å². The predicted molar refractivity (Wildman–Crippen MR) is 144 cm³/mol. The number of nitrogens with zero attached hydrogens (tertiary/aromatic N) is 1. The number of thiophene rings is 1. The number of aliphatic hydroxyl groups is 1. The summed E-state index contributed by atoms with van der Waals surface area (Å²) in [5, 5.41) is 17.1. The highest BCUT2D eigenvalue weighted by atomic mass is 32.2. The third-order valence-electron chi connectivity index (χ3n) is 6.22. The van der Waals surface area contributed by atoms with E-state index in [4.69, 9.17) is 4.74 Å². The fourth-order valence-electron chi connectivity index (χ4n) is 4.48. The lowest BCUT2D eigenvalue weighted by atomic mass is 10.0. The molecule has 3 heterocycles. The Morgan fingerprint density at radius 3 is 2.83 bits per heavy atom. The molecule has 9 heteroatoms. The van der Waals surface area contributed by atoms with Crippen molar-refractivity contribution in [2.24, 2.45) is 0 Å². The fraction of sp³-hybridized carbons (Fsp3) is 0.259. The van der Waals surface area contributed by atoms with E-state index in [0.717, 1.165) is 35.6 Å². The number of allylic oxidation sites excluding steroid dienone is 1. The second kappa shape index (κ2) is 10.5. The van der Waals surface area contributed by atoms with E-state index in [9.17, 15) is 13.5 Å². The molecule has 0 amide bonds. The first kappa shape index (κ1) is 24.6. The summed E-state index contributed by atoms with van der Waals surface area (Å²) in [4.78, 5) is 0. The third kappa shape index (κ3) is 5.34. The number of hydrogen-bond acceptors (Lipinski definition) is 6. The molecule has 2 atom stereocenters. The Balaban J connectivity index is 1.23. The van der Waals surface area contributed by atoms with Gasteiger partial charge < -0.3 is 19.7 Å². The van der Waals surface area contributed by atoms with Gasteiger partial charge in [0.2, 0.25) is 0 Å². The molecule has 0 bridgehead atoms. The summed E-state index contributed by atoms with van der Waals surface area (Å²) in [7, 11) is -3.64. The van der Waals surface area contributed by atoms with Crippen molar-refractivity contribution >= 4 is 38.0 Å². The minimum atomic E-state index is -3.64. The van der Waals surface area contributed by atoms with Crippen molar-refractivity contribution in [3.8, 4) is 5.75 Å². The molecule has 5 rings (SSSR count). The minimum absolute atomic E-state index is 0.115. The molecule has 188 valence electrons. The Labute approximate surface area is 215 Å². The average Bonchev–Trinajstić information content (AvgIpc) is 3.51. The smallest absolute Gasteiger partial charge is 0.271 e. The highest BCUT2D eigenvalue weighted by molar-refractivity contribution is 7.94. The second-order valence-corrected chi connectivity index (χ2v) is 11.8. The topological polar surface area (TPSA) is 92.6 Å². The van der Waals surface area contributed by atoms with Crippen LogP contribution >= 0.6 is 11.3 Å². The quantitative estimate of drug-likeness (QED) is 0.277. The first-order valence-electron chi connectivity index (χ1n) is 11.9. The van der Waals surface area contributed by atoms with Crippen molar-refractivity contribution < 1.29 is 18.3 Å². The number of aliphatic hydroxyl groups excluding tert-OH is 1. The van der Waals surface area contributed by atoms with E-state index < -0.39 is 16.1 Å². The lowest BCUT2D eigenvalue weighted by molar-refractivity contribution is 0.170. The zero-order valence-corrected chi connectivity index (χ0v) is 21.6. The van der Waals surface area contributed by atoms with Crippen LogP contribution < -0.4 is 14.8 Å². The number of ether oxygens (including phenoxy) is 1. The summed E-state index contributed by atoms with van der Waals surface area (Å²) in [6.07, 6.45) is 6.36. The lowest BCUT2D eigenvalue weighted by Gasteiger charge is -2.18. The molecule has 4 aromatic rings. The van der Waals surface area contributed by atoms with Crippen LogP contribution in [0.15, 0.2) is 82.5 Å². The zero-order chi connectivity index (χ0) is 25.1. The normalized spacial score (nSPS) is 16.1. The Kier molecular flexibility index (Phi) is 7.15. The number of nitrogens with one attached hydrogen (secondary N) is 2. The van der Waals surface area contributed by atoms with Gasteiger partial charge in [0, 0.05) is 36.4 Å². The molecule has 0 unspecified atom stereocenters. The minimum Gasteiger partial charge on any atom is -0.487 e. The Morgan fingerprint density at radius 2 is 2.00 bits per heavy atom. The molecular weight excluding hydrogens is 494 g/mol. The monoisotopic (exact) mass is 523 g/mol.